The average molecular weight is 450 g/mol. The molecule has 3 N–H and O–H groups in total. The number of nitrogen functional groups attached to an aromatic ring is 1. The van der Waals surface area contributed by atoms with Crippen LogP contribution < -0.4 is 11.1 Å². The molecule has 0 aliphatic heterocycles. The molecule has 0 fully saturated rings. The Labute approximate surface area is 171 Å². The number of aromatic nitrogens is 2. The normalized spacial score (nSPS) is 8.12. The number of amides is 1. The number of thiazole rings is 2. The molecule has 0 saturated heterocycles. The van der Waals surface area contributed by atoms with Gasteiger partial charge in [0.05, 0.1) is 16.7 Å². The van der Waals surface area contributed by atoms with E-state index in [1.54, 1.807) is 0 Å². The molecule has 25 heavy (non-hydrogen) atoms. The first-order valence-corrected chi connectivity index (χ1v) is 9.48. The van der Waals surface area contributed by atoms with Crippen molar-refractivity contribution in [3.63, 3.8) is 0 Å². The summed E-state index contributed by atoms with van der Waals surface area (Å²) >= 11 is 17.1. The van der Waals surface area contributed by atoms with Crippen LogP contribution in [-0.4, -0.2) is 26.5 Å². The molecular formula is C14H23Cl3N4O2S2. The van der Waals surface area contributed by atoms with E-state index in [9.17, 15) is 9.59 Å². The molecule has 0 bridgehead atoms. The molecule has 2 aromatic rings. The van der Waals surface area contributed by atoms with Crippen LogP contribution >= 0.6 is 57.5 Å². The molecule has 0 atom stereocenters. The highest BCUT2D eigenvalue weighted by Crippen LogP contribution is 2.13. The Kier molecular flexibility index (Phi) is 20.6. The van der Waals surface area contributed by atoms with E-state index < -0.39 is 0 Å². The van der Waals surface area contributed by atoms with Crippen molar-refractivity contribution in [3.05, 3.63) is 22.1 Å². The second-order valence-corrected chi connectivity index (χ2v) is 6.96. The van der Waals surface area contributed by atoms with Crippen LogP contribution in [0.5, 0.6) is 0 Å². The van der Waals surface area contributed by atoms with E-state index in [2.05, 4.69) is 26.9 Å². The number of carbonyl (C=O) groups is 2. The van der Waals surface area contributed by atoms with Crippen molar-refractivity contribution in [1.82, 2.24) is 9.97 Å². The first-order chi connectivity index (χ1) is 11.1. The Balaban J connectivity index is -0.000000284. The zero-order valence-electron chi connectivity index (χ0n) is 13.6. The second kappa shape index (κ2) is 17.9. The summed E-state index contributed by atoms with van der Waals surface area (Å²) in [6, 6.07) is 0. The lowest BCUT2D eigenvalue weighted by Gasteiger charge is -1.91. The van der Waals surface area contributed by atoms with E-state index in [1.165, 1.54) is 36.5 Å². The predicted molar refractivity (Wildman–Crippen MR) is 112 cm³/mol. The Morgan fingerprint density at radius 2 is 1.52 bits per heavy atom. The van der Waals surface area contributed by atoms with Crippen molar-refractivity contribution in [3.8, 4) is 0 Å². The van der Waals surface area contributed by atoms with Crippen molar-refractivity contribution in [2.75, 3.05) is 16.4 Å². The molecular weight excluding hydrogens is 427 g/mol. The van der Waals surface area contributed by atoms with Gasteiger partial charge >= 0.3 is 0 Å². The minimum Gasteiger partial charge on any atom is -0.375 e. The number of nitrogens with two attached hydrogens (primary N) is 1. The average Bonchev–Trinajstić information content (AvgIpc) is 2.98. The van der Waals surface area contributed by atoms with E-state index in [4.69, 9.17) is 28.9 Å². The van der Waals surface area contributed by atoms with Crippen LogP contribution in [0.4, 0.5) is 10.3 Å². The molecule has 2 rings (SSSR count). The summed E-state index contributed by atoms with van der Waals surface area (Å²) in [6.07, 6.45) is 0. The Hall–Kier alpha value is -0.930. The molecule has 0 spiro atoms. The van der Waals surface area contributed by atoms with Crippen molar-refractivity contribution in [2.45, 2.75) is 35.1 Å². The number of aryl methyl sites for hydroxylation is 2. The molecule has 0 unspecified atom stereocenters. The number of hydrogen-bond acceptors (Lipinski definition) is 7. The van der Waals surface area contributed by atoms with Crippen LogP contribution in [0.25, 0.3) is 0 Å². The fraction of sp³-hybridized carbons (Fsp3) is 0.429. The molecule has 2 aromatic heterocycles. The maximum absolute atomic E-state index is 10.5. The highest BCUT2D eigenvalue weighted by atomic mass is 35.5. The van der Waals surface area contributed by atoms with Gasteiger partial charge < -0.3 is 11.1 Å². The first-order valence-electron chi connectivity index (χ1n) is 6.27. The summed E-state index contributed by atoms with van der Waals surface area (Å²) in [5.74, 6) is -0.0747. The number of halogens is 3. The molecule has 2 heterocycles. The maximum Gasteiger partial charge on any atom is 0.223 e. The van der Waals surface area contributed by atoms with Crippen LogP contribution in [-0.2, 0) is 9.59 Å². The van der Waals surface area contributed by atoms with Gasteiger partial charge in [-0.15, -0.1) is 45.9 Å². The Morgan fingerprint density at radius 3 is 1.72 bits per heavy atom. The van der Waals surface area contributed by atoms with Gasteiger partial charge in [0.15, 0.2) is 10.3 Å². The summed E-state index contributed by atoms with van der Waals surface area (Å²) in [5, 5.41) is 7.57. The van der Waals surface area contributed by atoms with E-state index >= 15 is 0 Å². The third kappa shape index (κ3) is 23.1. The number of hydrogen-bond donors (Lipinski definition) is 2. The number of nitrogens with one attached hydrogen (secondary N) is 1. The zero-order chi connectivity index (χ0) is 19.1. The third-order valence-corrected chi connectivity index (χ3v) is 3.21. The van der Waals surface area contributed by atoms with E-state index in [0.29, 0.717) is 10.3 Å². The standard InChI is InChI=1S/C6H8N2OS.C4H6N2S.C2H3ClO.CH2Cl2.CH4/c1-4-3-10-6(7-4)8-5(2)9;1-3-2-7-4(5)6-3;1-2(3)4;2-1-3;/h3H,1-2H3,(H,7,8,9);2H,1H3,(H2,5,6);1H3;1H2;1H4. The van der Waals surface area contributed by atoms with Gasteiger partial charge in [0.1, 0.15) is 0 Å². The lowest BCUT2D eigenvalue weighted by molar-refractivity contribution is -0.114. The number of nitrogens with zero attached hydrogens (tertiary/aromatic N) is 2. The van der Waals surface area contributed by atoms with Crippen LogP contribution in [0.15, 0.2) is 10.8 Å². The Bertz CT molecular complexity index is 586. The fourth-order valence-electron chi connectivity index (χ4n) is 0.934. The number of rotatable bonds is 1. The SMILES string of the molecule is C.CC(=O)Cl.CC(=O)Nc1nc(C)cs1.Cc1csc(N)n1.ClCCl. The lowest BCUT2D eigenvalue weighted by atomic mass is 10.6. The smallest absolute Gasteiger partial charge is 0.223 e. The minimum absolute atomic E-state index is 0. The molecule has 1 amide bonds. The van der Waals surface area contributed by atoms with Crippen molar-refractivity contribution in [2.24, 2.45) is 0 Å². The monoisotopic (exact) mass is 448 g/mol. The first kappa shape index (κ1) is 28.9. The topological polar surface area (TPSA) is 98.0 Å². The van der Waals surface area contributed by atoms with Gasteiger partial charge in [-0.25, -0.2) is 9.97 Å². The van der Waals surface area contributed by atoms with Crippen LogP contribution in [0.2, 0.25) is 0 Å². The van der Waals surface area contributed by atoms with E-state index in [1.807, 2.05) is 24.6 Å². The number of anilines is 2. The van der Waals surface area contributed by atoms with Gasteiger partial charge in [0.2, 0.25) is 11.1 Å². The van der Waals surface area contributed by atoms with Gasteiger partial charge in [-0.3, -0.25) is 9.59 Å². The molecule has 0 saturated carbocycles. The summed E-state index contributed by atoms with van der Waals surface area (Å²) in [4.78, 5) is 27.6. The van der Waals surface area contributed by atoms with Crippen LogP contribution in [0.1, 0.15) is 32.7 Å². The number of alkyl halides is 2. The summed E-state index contributed by atoms with van der Waals surface area (Å²) < 4.78 is 0. The van der Waals surface area contributed by atoms with Crippen LogP contribution in [0, 0.1) is 13.8 Å². The van der Waals surface area contributed by atoms with Crippen LogP contribution in [0.3, 0.4) is 0 Å². The van der Waals surface area contributed by atoms with Crippen molar-refractivity contribution in [1.29, 1.82) is 0 Å². The highest BCUT2D eigenvalue weighted by molar-refractivity contribution is 7.14. The summed E-state index contributed by atoms with van der Waals surface area (Å²) in [7, 11) is 0. The quantitative estimate of drug-likeness (QED) is 0.456. The lowest BCUT2D eigenvalue weighted by Crippen LogP contribution is -2.04. The predicted octanol–water partition coefficient (Wildman–Crippen LogP) is 5.27. The van der Waals surface area contributed by atoms with Gasteiger partial charge in [-0.1, -0.05) is 7.43 Å². The second-order valence-electron chi connectivity index (χ2n) is 3.87. The van der Waals surface area contributed by atoms with Gasteiger partial charge in [-0.2, -0.15) is 0 Å². The Morgan fingerprint density at radius 1 is 1.12 bits per heavy atom. The molecule has 11 heteroatoms. The largest absolute Gasteiger partial charge is 0.375 e. The fourth-order valence-corrected chi connectivity index (χ4v) is 2.21. The van der Waals surface area contributed by atoms with Gasteiger partial charge in [0.25, 0.3) is 0 Å². The zero-order valence-corrected chi connectivity index (χ0v) is 17.5. The summed E-state index contributed by atoms with van der Waals surface area (Å²) in [6.45, 7) is 6.58. The molecule has 0 aliphatic carbocycles. The van der Waals surface area contributed by atoms with Gasteiger partial charge in [-0.05, 0) is 25.4 Å². The summed E-state index contributed by atoms with van der Waals surface area (Å²) in [5.41, 5.74) is 7.23. The van der Waals surface area contributed by atoms with Gasteiger partial charge in [0, 0.05) is 24.6 Å². The molecule has 144 valence electrons. The van der Waals surface area contributed by atoms with Crippen molar-refractivity contribution < 1.29 is 9.59 Å². The number of carbonyl (C=O) groups excluding carboxylic acids is 2. The van der Waals surface area contributed by atoms with E-state index in [-0.39, 0.29) is 23.9 Å². The van der Waals surface area contributed by atoms with E-state index in [0.717, 1.165) is 11.4 Å². The highest BCUT2D eigenvalue weighted by Gasteiger charge is 1.97. The van der Waals surface area contributed by atoms with Crippen molar-refractivity contribution >= 4 is 78.9 Å². The molecule has 6 nitrogen and oxygen atoms in total. The minimum atomic E-state index is -0.361. The third-order valence-electron chi connectivity index (χ3n) is 1.54. The molecule has 0 radical (unpaired) electrons. The molecule has 0 aliphatic rings. The molecule has 0 aromatic carbocycles. The maximum atomic E-state index is 10.5.